The van der Waals surface area contributed by atoms with Crippen molar-refractivity contribution >= 4 is 0 Å². The van der Waals surface area contributed by atoms with Crippen molar-refractivity contribution in [2.24, 2.45) is 0 Å². The number of methoxy groups -OCH3 is 1. The van der Waals surface area contributed by atoms with E-state index in [1.165, 1.54) is 11.1 Å². The lowest BCUT2D eigenvalue weighted by atomic mass is 10.0. The molecule has 1 N–H and O–H groups in total. The fraction of sp³-hybridized carbons (Fsp3) is 0.294. The van der Waals surface area contributed by atoms with E-state index in [0.29, 0.717) is 6.61 Å². The molecule has 0 radical (unpaired) electrons. The maximum Gasteiger partial charge on any atom is 0.161 e. The highest BCUT2D eigenvalue weighted by molar-refractivity contribution is 5.39. The Hall–Kier alpha value is -2.00. The van der Waals surface area contributed by atoms with E-state index in [1.807, 2.05) is 37.4 Å². The number of benzene rings is 2. The molecule has 106 valence electrons. The van der Waals surface area contributed by atoms with Crippen molar-refractivity contribution in [3.8, 4) is 11.5 Å². The van der Waals surface area contributed by atoms with E-state index < -0.39 is 0 Å². The Morgan fingerprint density at radius 2 is 1.65 bits per heavy atom. The molecule has 0 saturated heterocycles. The predicted molar refractivity (Wildman–Crippen MR) is 81.5 cm³/mol. The Morgan fingerprint density at radius 3 is 2.30 bits per heavy atom. The third kappa shape index (κ3) is 3.31. The van der Waals surface area contributed by atoms with Crippen LogP contribution in [0.5, 0.6) is 11.5 Å². The van der Waals surface area contributed by atoms with Crippen LogP contribution in [0.4, 0.5) is 0 Å². The van der Waals surface area contributed by atoms with Crippen molar-refractivity contribution in [3.05, 3.63) is 59.7 Å². The molecule has 0 saturated carbocycles. The first kappa shape index (κ1) is 14.4. The van der Waals surface area contributed by atoms with E-state index in [2.05, 4.69) is 30.4 Å². The summed E-state index contributed by atoms with van der Waals surface area (Å²) in [6.45, 7) is 2.67. The smallest absolute Gasteiger partial charge is 0.161 e. The quantitative estimate of drug-likeness (QED) is 0.874. The largest absolute Gasteiger partial charge is 0.493 e. The Labute approximate surface area is 120 Å². The van der Waals surface area contributed by atoms with Crippen molar-refractivity contribution in [2.75, 3.05) is 20.8 Å². The van der Waals surface area contributed by atoms with Crippen LogP contribution in [0.25, 0.3) is 0 Å². The van der Waals surface area contributed by atoms with Crippen LogP contribution in [0.15, 0.2) is 48.5 Å². The molecule has 0 amide bonds. The van der Waals surface area contributed by atoms with E-state index in [0.717, 1.165) is 11.5 Å². The van der Waals surface area contributed by atoms with Gasteiger partial charge in [0.15, 0.2) is 11.5 Å². The molecule has 0 aromatic heterocycles. The van der Waals surface area contributed by atoms with Gasteiger partial charge in [-0.25, -0.2) is 0 Å². The molecule has 20 heavy (non-hydrogen) atoms. The maximum absolute atomic E-state index is 5.90. The van der Waals surface area contributed by atoms with E-state index in [1.54, 1.807) is 7.11 Å². The van der Waals surface area contributed by atoms with Gasteiger partial charge < -0.3 is 14.8 Å². The standard InChI is InChI=1S/C17H21NO2/c1-13-8-4-5-9-14(13)15(18-2)12-20-17-11-7-6-10-16(17)19-3/h4-11,15,18H,12H2,1-3H3. The molecule has 1 unspecified atom stereocenters. The molecule has 2 rings (SSSR count). The SMILES string of the molecule is CNC(COc1ccccc1OC)c1ccccc1C. The van der Waals surface area contributed by atoms with Crippen LogP contribution in [0.1, 0.15) is 17.2 Å². The van der Waals surface area contributed by atoms with Crippen LogP contribution in [0, 0.1) is 6.92 Å². The molecule has 2 aromatic carbocycles. The summed E-state index contributed by atoms with van der Waals surface area (Å²) >= 11 is 0. The second-order valence-electron chi connectivity index (χ2n) is 4.66. The van der Waals surface area contributed by atoms with Gasteiger partial charge in [-0.15, -0.1) is 0 Å². The summed E-state index contributed by atoms with van der Waals surface area (Å²) in [5.41, 5.74) is 2.51. The topological polar surface area (TPSA) is 30.5 Å². The van der Waals surface area contributed by atoms with Crippen molar-refractivity contribution in [2.45, 2.75) is 13.0 Å². The lowest BCUT2D eigenvalue weighted by Crippen LogP contribution is -2.24. The first-order valence-electron chi connectivity index (χ1n) is 6.75. The van der Waals surface area contributed by atoms with Gasteiger partial charge in [-0.1, -0.05) is 36.4 Å². The highest BCUT2D eigenvalue weighted by atomic mass is 16.5. The van der Waals surface area contributed by atoms with Crippen LogP contribution in [-0.2, 0) is 0 Å². The molecule has 0 spiro atoms. The van der Waals surface area contributed by atoms with Crippen molar-refractivity contribution in [3.63, 3.8) is 0 Å². The predicted octanol–water partition coefficient (Wildman–Crippen LogP) is 3.34. The zero-order chi connectivity index (χ0) is 14.4. The van der Waals surface area contributed by atoms with E-state index in [-0.39, 0.29) is 6.04 Å². The summed E-state index contributed by atoms with van der Waals surface area (Å²) in [6, 6.07) is 16.2. The van der Waals surface area contributed by atoms with Gasteiger partial charge in [0.05, 0.1) is 13.2 Å². The minimum absolute atomic E-state index is 0.154. The number of likely N-dealkylation sites (N-methyl/N-ethyl adjacent to an activating group) is 1. The molecule has 1 atom stereocenters. The van der Waals surface area contributed by atoms with E-state index in [9.17, 15) is 0 Å². The van der Waals surface area contributed by atoms with Gasteiger partial charge in [0.1, 0.15) is 6.61 Å². The zero-order valence-corrected chi connectivity index (χ0v) is 12.2. The molecule has 3 heteroatoms. The first-order valence-corrected chi connectivity index (χ1v) is 6.75. The lowest BCUT2D eigenvalue weighted by molar-refractivity contribution is 0.258. The lowest BCUT2D eigenvalue weighted by Gasteiger charge is -2.20. The Balaban J connectivity index is 2.10. The molecule has 0 aliphatic carbocycles. The van der Waals surface area contributed by atoms with Crippen LogP contribution in [0.3, 0.4) is 0 Å². The Morgan fingerprint density at radius 1 is 1.00 bits per heavy atom. The average Bonchev–Trinajstić information content (AvgIpc) is 2.50. The van der Waals surface area contributed by atoms with Gasteiger partial charge >= 0.3 is 0 Å². The second kappa shape index (κ2) is 6.96. The Kier molecular flexibility index (Phi) is 5.02. The minimum atomic E-state index is 0.154. The zero-order valence-electron chi connectivity index (χ0n) is 12.2. The molecule has 0 heterocycles. The summed E-state index contributed by atoms with van der Waals surface area (Å²) in [7, 11) is 3.60. The first-order chi connectivity index (χ1) is 9.76. The van der Waals surface area contributed by atoms with Crippen LogP contribution in [0.2, 0.25) is 0 Å². The van der Waals surface area contributed by atoms with Crippen molar-refractivity contribution < 1.29 is 9.47 Å². The molecule has 0 bridgehead atoms. The van der Waals surface area contributed by atoms with Gasteiger partial charge in [-0.2, -0.15) is 0 Å². The number of aryl methyl sites for hydroxylation is 1. The summed E-state index contributed by atoms with van der Waals surface area (Å²) < 4.78 is 11.2. The number of para-hydroxylation sites is 2. The number of hydrogen-bond donors (Lipinski definition) is 1. The van der Waals surface area contributed by atoms with Gasteiger partial charge in [-0.3, -0.25) is 0 Å². The number of ether oxygens (including phenoxy) is 2. The van der Waals surface area contributed by atoms with Gasteiger partial charge in [0, 0.05) is 0 Å². The average molecular weight is 271 g/mol. The highest BCUT2D eigenvalue weighted by Crippen LogP contribution is 2.27. The minimum Gasteiger partial charge on any atom is -0.493 e. The van der Waals surface area contributed by atoms with E-state index in [4.69, 9.17) is 9.47 Å². The molecule has 0 aliphatic rings. The summed E-state index contributed by atoms with van der Waals surface area (Å²) in [6.07, 6.45) is 0. The molecule has 0 aliphatic heterocycles. The highest BCUT2D eigenvalue weighted by Gasteiger charge is 2.13. The molecular formula is C17H21NO2. The van der Waals surface area contributed by atoms with Gasteiger partial charge in [-0.05, 0) is 37.2 Å². The number of rotatable bonds is 6. The molecule has 2 aromatic rings. The van der Waals surface area contributed by atoms with E-state index >= 15 is 0 Å². The summed E-state index contributed by atoms with van der Waals surface area (Å²) in [5, 5.41) is 3.30. The maximum atomic E-state index is 5.90. The number of hydrogen-bond acceptors (Lipinski definition) is 3. The van der Waals surface area contributed by atoms with Crippen LogP contribution >= 0.6 is 0 Å². The normalized spacial score (nSPS) is 11.9. The third-order valence-corrected chi connectivity index (χ3v) is 3.39. The fourth-order valence-electron chi connectivity index (χ4n) is 2.22. The van der Waals surface area contributed by atoms with Crippen molar-refractivity contribution in [1.82, 2.24) is 5.32 Å². The molecular weight excluding hydrogens is 250 g/mol. The monoisotopic (exact) mass is 271 g/mol. The second-order valence-corrected chi connectivity index (χ2v) is 4.66. The van der Waals surface area contributed by atoms with Crippen LogP contribution < -0.4 is 14.8 Å². The number of nitrogens with one attached hydrogen (secondary N) is 1. The van der Waals surface area contributed by atoms with Gasteiger partial charge in [0.2, 0.25) is 0 Å². The van der Waals surface area contributed by atoms with Crippen LogP contribution in [-0.4, -0.2) is 20.8 Å². The summed E-state index contributed by atoms with van der Waals surface area (Å²) in [4.78, 5) is 0. The fourth-order valence-corrected chi connectivity index (χ4v) is 2.22. The summed E-state index contributed by atoms with van der Waals surface area (Å²) in [5.74, 6) is 1.52. The molecule has 3 nitrogen and oxygen atoms in total. The molecule has 0 fully saturated rings. The van der Waals surface area contributed by atoms with Crippen molar-refractivity contribution in [1.29, 1.82) is 0 Å². The Bertz CT molecular complexity index is 554. The third-order valence-electron chi connectivity index (χ3n) is 3.39. The van der Waals surface area contributed by atoms with Gasteiger partial charge in [0.25, 0.3) is 0 Å².